The molecule has 0 aliphatic heterocycles. The number of aryl methyl sites for hydroxylation is 1. The SMILES string of the molecule is COc1cc(OC)c2nc(C)c(C(C)C)c(N)c2c1Cl. The van der Waals surface area contributed by atoms with Crippen LogP contribution in [-0.2, 0) is 0 Å². The van der Waals surface area contributed by atoms with E-state index in [1.165, 1.54) is 0 Å². The highest BCUT2D eigenvalue weighted by Crippen LogP contribution is 2.43. The fourth-order valence-corrected chi connectivity index (χ4v) is 2.87. The molecule has 108 valence electrons. The summed E-state index contributed by atoms with van der Waals surface area (Å²) >= 11 is 6.40. The first-order chi connectivity index (χ1) is 9.42. The standard InChI is InChI=1S/C15H19ClN2O2/c1-7(2)11-8(3)18-15-10(20-5)6-9(19-4)13(16)12(15)14(11)17/h6-7H,1-5H3,(H2,17,18). The molecule has 0 saturated carbocycles. The fourth-order valence-electron chi connectivity index (χ4n) is 2.55. The lowest BCUT2D eigenvalue weighted by atomic mass is 9.96. The van der Waals surface area contributed by atoms with Crippen LogP contribution in [0.4, 0.5) is 5.69 Å². The molecule has 1 heterocycles. The number of halogens is 1. The fraction of sp³-hybridized carbons (Fsp3) is 0.400. The van der Waals surface area contributed by atoms with Crippen LogP contribution in [0.5, 0.6) is 11.5 Å². The van der Waals surface area contributed by atoms with E-state index in [0.717, 1.165) is 11.3 Å². The molecule has 2 rings (SSSR count). The molecule has 4 nitrogen and oxygen atoms in total. The van der Waals surface area contributed by atoms with Crippen molar-refractivity contribution < 1.29 is 9.47 Å². The van der Waals surface area contributed by atoms with Gasteiger partial charge >= 0.3 is 0 Å². The van der Waals surface area contributed by atoms with Gasteiger partial charge < -0.3 is 15.2 Å². The molecule has 5 heteroatoms. The zero-order valence-corrected chi connectivity index (χ0v) is 13.1. The number of fused-ring (bicyclic) bond motifs is 1. The molecule has 20 heavy (non-hydrogen) atoms. The molecule has 0 fully saturated rings. The number of aromatic nitrogens is 1. The second kappa shape index (κ2) is 5.37. The molecule has 0 saturated heterocycles. The van der Waals surface area contributed by atoms with Crippen molar-refractivity contribution in [1.82, 2.24) is 4.98 Å². The average Bonchev–Trinajstić information content (AvgIpc) is 2.38. The first kappa shape index (κ1) is 14.7. The number of rotatable bonds is 3. The Bertz CT molecular complexity index is 669. The Morgan fingerprint density at radius 1 is 1.20 bits per heavy atom. The maximum Gasteiger partial charge on any atom is 0.148 e. The summed E-state index contributed by atoms with van der Waals surface area (Å²) in [7, 11) is 3.15. The van der Waals surface area contributed by atoms with Crippen molar-refractivity contribution in [1.29, 1.82) is 0 Å². The quantitative estimate of drug-likeness (QED) is 0.932. The number of hydrogen-bond acceptors (Lipinski definition) is 4. The zero-order valence-electron chi connectivity index (χ0n) is 12.4. The van der Waals surface area contributed by atoms with Crippen LogP contribution >= 0.6 is 11.6 Å². The Balaban J connectivity index is 2.98. The summed E-state index contributed by atoms with van der Waals surface area (Å²) < 4.78 is 10.7. The zero-order chi connectivity index (χ0) is 15.0. The molecule has 2 N–H and O–H groups in total. The van der Waals surface area contributed by atoms with Gasteiger partial charge in [0, 0.05) is 22.8 Å². The summed E-state index contributed by atoms with van der Waals surface area (Å²) in [4.78, 5) is 4.62. The number of ether oxygens (including phenoxy) is 2. The molecule has 0 radical (unpaired) electrons. The maximum absolute atomic E-state index is 6.40. The molecule has 1 aromatic heterocycles. The molecule has 0 aliphatic rings. The third kappa shape index (κ3) is 2.14. The largest absolute Gasteiger partial charge is 0.495 e. The van der Waals surface area contributed by atoms with Crippen LogP contribution in [0.15, 0.2) is 6.07 Å². The number of pyridine rings is 1. The Morgan fingerprint density at radius 2 is 1.80 bits per heavy atom. The van der Waals surface area contributed by atoms with Crippen molar-refractivity contribution in [3.8, 4) is 11.5 Å². The average molecular weight is 295 g/mol. The van der Waals surface area contributed by atoms with Gasteiger partial charge in [0.1, 0.15) is 17.0 Å². The van der Waals surface area contributed by atoms with E-state index in [2.05, 4.69) is 18.8 Å². The first-order valence-corrected chi connectivity index (χ1v) is 6.80. The topological polar surface area (TPSA) is 57.4 Å². The smallest absolute Gasteiger partial charge is 0.148 e. The van der Waals surface area contributed by atoms with E-state index in [1.54, 1.807) is 20.3 Å². The Labute approximate surface area is 123 Å². The van der Waals surface area contributed by atoms with Gasteiger partial charge in [0.05, 0.1) is 19.2 Å². The van der Waals surface area contributed by atoms with Gasteiger partial charge in [-0.3, -0.25) is 0 Å². The molecule has 0 bridgehead atoms. The number of hydrogen-bond donors (Lipinski definition) is 1. The molecule has 0 atom stereocenters. The summed E-state index contributed by atoms with van der Waals surface area (Å²) in [6.07, 6.45) is 0. The first-order valence-electron chi connectivity index (χ1n) is 6.42. The molecule has 0 spiro atoms. The minimum atomic E-state index is 0.264. The van der Waals surface area contributed by atoms with Crippen molar-refractivity contribution in [2.24, 2.45) is 0 Å². The number of methoxy groups -OCH3 is 2. The van der Waals surface area contributed by atoms with E-state index >= 15 is 0 Å². The van der Waals surface area contributed by atoms with Crippen molar-refractivity contribution in [2.45, 2.75) is 26.7 Å². The van der Waals surface area contributed by atoms with E-state index in [4.69, 9.17) is 26.8 Å². The van der Waals surface area contributed by atoms with Gasteiger partial charge in [-0.2, -0.15) is 0 Å². The molecule has 0 aliphatic carbocycles. The maximum atomic E-state index is 6.40. The summed E-state index contributed by atoms with van der Waals surface area (Å²) in [5.74, 6) is 1.40. The van der Waals surface area contributed by atoms with Crippen LogP contribution in [0.25, 0.3) is 10.9 Å². The minimum absolute atomic E-state index is 0.264. The van der Waals surface area contributed by atoms with Gasteiger partial charge in [-0.15, -0.1) is 0 Å². The summed E-state index contributed by atoms with van der Waals surface area (Å²) in [6.45, 7) is 6.11. The van der Waals surface area contributed by atoms with Crippen molar-refractivity contribution in [3.63, 3.8) is 0 Å². The van der Waals surface area contributed by atoms with E-state index in [-0.39, 0.29) is 5.92 Å². The Morgan fingerprint density at radius 3 is 2.30 bits per heavy atom. The molecule has 1 aromatic carbocycles. The van der Waals surface area contributed by atoms with Crippen LogP contribution in [0, 0.1) is 6.92 Å². The third-order valence-corrected chi connectivity index (χ3v) is 3.79. The van der Waals surface area contributed by atoms with E-state index in [0.29, 0.717) is 33.1 Å². The molecular formula is C15H19ClN2O2. The number of nitrogen functional groups attached to an aromatic ring is 1. The third-order valence-electron chi connectivity index (χ3n) is 3.41. The minimum Gasteiger partial charge on any atom is -0.495 e. The molecule has 2 aromatic rings. The van der Waals surface area contributed by atoms with Crippen LogP contribution < -0.4 is 15.2 Å². The summed E-state index contributed by atoms with van der Waals surface area (Å²) in [6, 6.07) is 1.73. The lowest BCUT2D eigenvalue weighted by Gasteiger charge is -2.18. The van der Waals surface area contributed by atoms with E-state index in [9.17, 15) is 0 Å². The lowest BCUT2D eigenvalue weighted by Crippen LogP contribution is -2.05. The number of anilines is 1. The van der Waals surface area contributed by atoms with Gasteiger partial charge in [-0.05, 0) is 18.4 Å². The molecule has 0 unspecified atom stereocenters. The Hall–Kier alpha value is -1.68. The highest BCUT2D eigenvalue weighted by molar-refractivity contribution is 6.38. The summed E-state index contributed by atoms with van der Waals surface area (Å²) in [5.41, 5.74) is 9.54. The highest BCUT2D eigenvalue weighted by atomic mass is 35.5. The lowest BCUT2D eigenvalue weighted by molar-refractivity contribution is 0.397. The number of nitrogens with zero attached hydrogens (tertiary/aromatic N) is 1. The van der Waals surface area contributed by atoms with Crippen LogP contribution in [-0.4, -0.2) is 19.2 Å². The van der Waals surface area contributed by atoms with Gasteiger partial charge in [0.15, 0.2) is 0 Å². The van der Waals surface area contributed by atoms with Gasteiger partial charge in [-0.1, -0.05) is 25.4 Å². The second-order valence-corrected chi connectivity index (χ2v) is 5.38. The normalized spacial score (nSPS) is 11.2. The predicted molar refractivity (Wildman–Crippen MR) is 83.1 cm³/mol. The van der Waals surface area contributed by atoms with E-state index in [1.807, 2.05) is 6.92 Å². The molecular weight excluding hydrogens is 276 g/mol. The Kier molecular flexibility index (Phi) is 3.95. The number of benzene rings is 1. The monoisotopic (exact) mass is 294 g/mol. The van der Waals surface area contributed by atoms with Crippen molar-refractivity contribution >= 4 is 28.2 Å². The summed E-state index contributed by atoms with van der Waals surface area (Å²) in [5, 5.41) is 1.16. The van der Waals surface area contributed by atoms with Gasteiger partial charge in [0.2, 0.25) is 0 Å². The predicted octanol–water partition coefficient (Wildman–Crippen LogP) is 3.92. The van der Waals surface area contributed by atoms with Crippen molar-refractivity contribution in [3.05, 3.63) is 22.3 Å². The van der Waals surface area contributed by atoms with Gasteiger partial charge in [-0.25, -0.2) is 4.98 Å². The molecule has 0 amide bonds. The van der Waals surface area contributed by atoms with E-state index < -0.39 is 0 Å². The van der Waals surface area contributed by atoms with Crippen LogP contribution in [0.1, 0.15) is 31.0 Å². The van der Waals surface area contributed by atoms with Crippen LogP contribution in [0.3, 0.4) is 0 Å². The second-order valence-electron chi connectivity index (χ2n) is 5.00. The van der Waals surface area contributed by atoms with Crippen LogP contribution in [0.2, 0.25) is 5.02 Å². The van der Waals surface area contributed by atoms with Gasteiger partial charge in [0.25, 0.3) is 0 Å². The highest BCUT2D eigenvalue weighted by Gasteiger charge is 2.20. The number of nitrogens with two attached hydrogens (primary N) is 1. The van der Waals surface area contributed by atoms with Crippen molar-refractivity contribution in [2.75, 3.05) is 20.0 Å².